The maximum Gasteiger partial charge on any atom is 0.186 e. The molecule has 5 fully saturated rings. The predicted molar refractivity (Wildman–Crippen MR) is 115 cm³/mol. The Hall–Kier alpha value is -0.570. The largest absolute Gasteiger partial charge is 0.394 e. The van der Waals surface area contributed by atoms with Crippen LogP contribution < -0.4 is 0 Å². The van der Waals surface area contributed by atoms with E-state index in [1.165, 1.54) is 6.42 Å². The van der Waals surface area contributed by atoms with E-state index in [1.807, 2.05) is 0 Å². The third-order valence-electron chi connectivity index (χ3n) is 10.5. The lowest BCUT2D eigenvalue weighted by Crippen LogP contribution is -2.60. The Morgan fingerprint density at radius 3 is 2.44 bits per heavy atom. The van der Waals surface area contributed by atoms with Crippen LogP contribution in [-0.2, 0) is 14.3 Å². The number of hydrogen-bond acceptors (Lipinski definition) is 7. The summed E-state index contributed by atoms with van der Waals surface area (Å²) in [5.41, 5.74) is 0.252. The number of ketones is 1. The van der Waals surface area contributed by atoms with Crippen LogP contribution in [0.1, 0.15) is 71.6 Å². The molecule has 32 heavy (non-hydrogen) atoms. The minimum absolute atomic E-state index is 0.0202. The first-order valence-corrected chi connectivity index (χ1v) is 12.7. The van der Waals surface area contributed by atoms with Gasteiger partial charge in [-0.3, -0.25) is 4.79 Å². The molecule has 1 saturated heterocycles. The summed E-state index contributed by atoms with van der Waals surface area (Å²) in [5, 5.41) is 40.2. The van der Waals surface area contributed by atoms with Gasteiger partial charge in [-0.2, -0.15) is 0 Å². The topological polar surface area (TPSA) is 116 Å². The molecular weight excluding hydrogens is 412 g/mol. The zero-order valence-corrected chi connectivity index (χ0v) is 19.4. The highest BCUT2D eigenvalue weighted by Crippen LogP contribution is 2.66. The van der Waals surface area contributed by atoms with Crippen molar-refractivity contribution in [3.8, 4) is 0 Å². The van der Waals surface area contributed by atoms with Crippen LogP contribution >= 0.6 is 0 Å². The number of Topliss-reactive ketones (excluding diaryl/α,β-unsaturated/α-hetero) is 1. The van der Waals surface area contributed by atoms with Crippen molar-refractivity contribution in [2.24, 2.45) is 34.5 Å². The van der Waals surface area contributed by atoms with Gasteiger partial charge in [0.25, 0.3) is 0 Å². The molecule has 0 amide bonds. The molecule has 0 unspecified atom stereocenters. The van der Waals surface area contributed by atoms with Gasteiger partial charge >= 0.3 is 0 Å². The summed E-state index contributed by atoms with van der Waals surface area (Å²) in [6, 6.07) is 0. The summed E-state index contributed by atoms with van der Waals surface area (Å²) in [6.07, 6.45) is 2.84. The third-order valence-corrected chi connectivity index (χ3v) is 10.5. The monoisotopic (exact) mass is 452 g/mol. The van der Waals surface area contributed by atoms with E-state index in [2.05, 4.69) is 13.8 Å². The van der Waals surface area contributed by atoms with Crippen LogP contribution in [0.15, 0.2) is 0 Å². The number of hydrogen-bond donors (Lipinski definition) is 4. The molecule has 182 valence electrons. The van der Waals surface area contributed by atoms with Crippen molar-refractivity contribution >= 4 is 5.78 Å². The van der Waals surface area contributed by atoms with Crippen molar-refractivity contribution in [1.82, 2.24) is 0 Å². The Balaban J connectivity index is 1.32. The van der Waals surface area contributed by atoms with Crippen molar-refractivity contribution < 1.29 is 34.7 Å². The van der Waals surface area contributed by atoms with E-state index in [0.717, 1.165) is 51.4 Å². The molecular formula is C25H40O7. The molecule has 1 aliphatic heterocycles. The molecule has 0 aromatic heterocycles. The zero-order valence-electron chi connectivity index (χ0n) is 19.4. The molecule has 0 bridgehead atoms. The average molecular weight is 453 g/mol. The second-order valence-corrected chi connectivity index (χ2v) is 11.8. The van der Waals surface area contributed by atoms with Crippen LogP contribution in [0.25, 0.3) is 0 Å². The van der Waals surface area contributed by atoms with Crippen LogP contribution in [0, 0.1) is 34.5 Å². The standard InChI is InChI=1S/C25H40O7/c1-24-9-7-14(27)11-13(24)3-4-15-16-5-6-19(25(16,2)10-8-17(15)24)32-23-22(30)21(29)20(28)18(12-26)31-23/h13,15-23,26,28-30H,3-12H2,1-2H3/t13-,15+,16+,17+,18-,19+,20-,21+,22-,23+,24+,25+/m1/s1. The van der Waals surface area contributed by atoms with Gasteiger partial charge in [-0.15, -0.1) is 0 Å². The van der Waals surface area contributed by atoms with E-state index in [9.17, 15) is 25.2 Å². The van der Waals surface area contributed by atoms with Crippen LogP contribution in [0.4, 0.5) is 0 Å². The highest BCUT2D eigenvalue weighted by molar-refractivity contribution is 5.79. The SMILES string of the molecule is C[C@]12CCC(=O)C[C@H]1CC[C@@H]1[C@@H]2CC[C@]2(C)[C@@H](O[C@@H]3O[C@H](CO)[C@@H](O)[C@H](O)[C@H]3O)CC[C@@H]12. The van der Waals surface area contributed by atoms with Crippen molar-refractivity contribution in [2.75, 3.05) is 6.61 Å². The van der Waals surface area contributed by atoms with Gasteiger partial charge < -0.3 is 29.9 Å². The average Bonchev–Trinajstić information content (AvgIpc) is 3.10. The molecule has 0 spiro atoms. The highest BCUT2D eigenvalue weighted by Gasteiger charge is 2.61. The normalized spacial score (nSPS) is 55.8. The molecule has 4 saturated carbocycles. The summed E-state index contributed by atoms with van der Waals surface area (Å²) in [7, 11) is 0. The Morgan fingerprint density at radius 2 is 1.69 bits per heavy atom. The van der Waals surface area contributed by atoms with Crippen LogP contribution in [0.3, 0.4) is 0 Å². The molecule has 0 aromatic rings. The molecule has 4 N–H and O–H groups in total. The fourth-order valence-electron chi connectivity index (χ4n) is 8.56. The number of aliphatic hydroxyl groups excluding tert-OH is 4. The summed E-state index contributed by atoms with van der Waals surface area (Å²) in [6.45, 7) is 4.32. The van der Waals surface area contributed by atoms with E-state index in [4.69, 9.17) is 9.47 Å². The number of ether oxygens (including phenoxy) is 2. The Labute approximate surface area is 190 Å². The van der Waals surface area contributed by atoms with E-state index in [1.54, 1.807) is 0 Å². The smallest absolute Gasteiger partial charge is 0.186 e. The summed E-state index contributed by atoms with van der Waals surface area (Å²) in [4.78, 5) is 12.1. The van der Waals surface area contributed by atoms with Crippen molar-refractivity contribution in [3.63, 3.8) is 0 Å². The fraction of sp³-hybridized carbons (Fsp3) is 0.960. The molecule has 5 rings (SSSR count). The molecule has 7 nitrogen and oxygen atoms in total. The molecule has 12 atom stereocenters. The second kappa shape index (κ2) is 8.28. The lowest BCUT2D eigenvalue weighted by Gasteiger charge is -2.60. The Bertz CT molecular complexity index is 727. The van der Waals surface area contributed by atoms with Gasteiger partial charge in [0.1, 0.15) is 30.2 Å². The maximum absolute atomic E-state index is 12.1. The predicted octanol–water partition coefficient (Wildman–Crippen LogP) is 1.78. The minimum atomic E-state index is -1.41. The van der Waals surface area contributed by atoms with Crippen molar-refractivity contribution in [2.45, 2.75) is 108 Å². The van der Waals surface area contributed by atoms with E-state index in [-0.39, 0.29) is 16.9 Å². The quantitative estimate of drug-likeness (QED) is 0.516. The third kappa shape index (κ3) is 3.42. The first-order chi connectivity index (χ1) is 15.2. The zero-order chi connectivity index (χ0) is 22.8. The second-order valence-electron chi connectivity index (χ2n) is 11.8. The van der Waals surface area contributed by atoms with Gasteiger partial charge in [-0.25, -0.2) is 0 Å². The molecule has 7 heteroatoms. The molecule has 0 aromatic carbocycles. The molecule has 4 aliphatic carbocycles. The lowest BCUT2D eigenvalue weighted by molar-refractivity contribution is -0.319. The van der Waals surface area contributed by atoms with Gasteiger partial charge in [0.05, 0.1) is 12.7 Å². The van der Waals surface area contributed by atoms with Gasteiger partial charge in [0.15, 0.2) is 6.29 Å². The maximum atomic E-state index is 12.1. The number of carbonyl (C=O) groups is 1. The van der Waals surface area contributed by atoms with Crippen molar-refractivity contribution in [1.29, 1.82) is 0 Å². The van der Waals surface area contributed by atoms with Gasteiger partial charge in [0, 0.05) is 12.8 Å². The number of rotatable bonds is 3. The van der Waals surface area contributed by atoms with Gasteiger partial charge in [0.2, 0.25) is 0 Å². The van der Waals surface area contributed by atoms with Crippen LogP contribution in [0.2, 0.25) is 0 Å². The van der Waals surface area contributed by atoms with E-state index >= 15 is 0 Å². The van der Waals surface area contributed by atoms with E-state index < -0.39 is 37.3 Å². The lowest BCUT2D eigenvalue weighted by atomic mass is 9.45. The van der Waals surface area contributed by atoms with Gasteiger partial charge in [-0.1, -0.05) is 13.8 Å². The van der Waals surface area contributed by atoms with Crippen LogP contribution in [0.5, 0.6) is 0 Å². The molecule has 1 heterocycles. The Morgan fingerprint density at radius 1 is 0.938 bits per heavy atom. The summed E-state index contributed by atoms with van der Waals surface area (Å²) in [5.74, 6) is 2.84. The first-order valence-electron chi connectivity index (χ1n) is 12.7. The molecule has 5 aliphatic rings. The first kappa shape index (κ1) is 23.2. The fourth-order valence-corrected chi connectivity index (χ4v) is 8.56. The number of carbonyl (C=O) groups excluding carboxylic acids is 1. The number of aliphatic hydroxyl groups is 4. The Kier molecular flexibility index (Phi) is 6.00. The van der Waals surface area contributed by atoms with Crippen LogP contribution in [-0.4, -0.2) is 69.6 Å². The van der Waals surface area contributed by atoms with Crippen molar-refractivity contribution in [3.05, 3.63) is 0 Å². The van der Waals surface area contributed by atoms with E-state index in [0.29, 0.717) is 29.5 Å². The minimum Gasteiger partial charge on any atom is -0.394 e. The number of fused-ring (bicyclic) bond motifs is 5. The summed E-state index contributed by atoms with van der Waals surface area (Å²) < 4.78 is 12.0. The molecule has 0 radical (unpaired) electrons. The highest BCUT2D eigenvalue weighted by atomic mass is 16.7. The summed E-state index contributed by atoms with van der Waals surface area (Å²) >= 11 is 0. The van der Waals surface area contributed by atoms with Gasteiger partial charge in [-0.05, 0) is 79.4 Å².